The fourth-order valence-electron chi connectivity index (χ4n) is 4.27. The summed E-state index contributed by atoms with van der Waals surface area (Å²) in [6.07, 6.45) is 1.02. The van der Waals surface area contributed by atoms with E-state index in [1.807, 2.05) is 0 Å². The summed E-state index contributed by atoms with van der Waals surface area (Å²) in [6.45, 7) is 5.96. The van der Waals surface area contributed by atoms with Crippen LogP contribution in [0.2, 0.25) is 5.02 Å². The number of nitrogens with one attached hydrogen (secondary N) is 1. The largest absolute Gasteiger partial charge is 0.379 e. The first-order valence-corrected chi connectivity index (χ1v) is 12.1. The van der Waals surface area contributed by atoms with Gasteiger partial charge in [0.25, 0.3) is 0 Å². The minimum Gasteiger partial charge on any atom is -0.379 e. The number of hydrogen-bond donors (Lipinski definition) is 1. The number of halogens is 1. The number of morpholine rings is 1. The quantitative estimate of drug-likeness (QED) is 0.734. The molecule has 1 atom stereocenters. The van der Waals surface area contributed by atoms with Crippen LogP contribution in [0.5, 0.6) is 0 Å². The van der Waals surface area contributed by atoms with E-state index in [0.29, 0.717) is 30.3 Å². The summed E-state index contributed by atoms with van der Waals surface area (Å²) in [7, 11) is -1.57. The molecule has 1 N–H and O–H groups in total. The SMILES string of the molecule is Cc1ccc(Cl)cc1S(=O)(=O)NCC(c1ccc2c(c1)CCN2C)N1CCOCC1. The predicted octanol–water partition coefficient (Wildman–Crippen LogP) is 2.99. The standard InChI is InChI=1S/C22H28ClN3O3S/c1-16-3-5-19(23)14-22(16)30(27,28)24-15-21(26-9-11-29-12-10-26)17-4-6-20-18(13-17)7-8-25(20)2/h3-6,13-14,21,24H,7-12,15H2,1-2H3. The van der Waals surface area contributed by atoms with E-state index >= 15 is 0 Å². The van der Waals surface area contributed by atoms with E-state index in [4.69, 9.17) is 16.3 Å². The molecule has 0 amide bonds. The monoisotopic (exact) mass is 449 g/mol. The van der Waals surface area contributed by atoms with Crippen LogP contribution in [0.1, 0.15) is 22.7 Å². The Morgan fingerprint density at radius 1 is 1.13 bits per heavy atom. The number of ether oxygens (including phenoxy) is 1. The molecule has 4 rings (SSSR count). The first-order chi connectivity index (χ1) is 14.3. The van der Waals surface area contributed by atoms with Crippen molar-refractivity contribution in [2.24, 2.45) is 0 Å². The number of aryl methyl sites for hydroxylation is 1. The van der Waals surface area contributed by atoms with Crippen molar-refractivity contribution in [2.75, 3.05) is 51.3 Å². The van der Waals surface area contributed by atoms with Gasteiger partial charge >= 0.3 is 0 Å². The summed E-state index contributed by atoms with van der Waals surface area (Å²) in [6, 6.07) is 11.4. The zero-order chi connectivity index (χ0) is 21.3. The van der Waals surface area contributed by atoms with E-state index in [2.05, 4.69) is 39.8 Å². The fourth-order valence-corrected chi connectivity index (χ4v) is 5.81. The number of fused-ring (bicyclic) bond motifs is 1. The zero-order valence-corrected chi connectivity index (χ0v) is 19.0. The zero-order valence-electron chi connectivity index (χ0n) is 17.4. The Morgan fingerprint density at radius 2 is 1.90 bits per heavy atom. The molecule has 1 saturated heterocycles. The van der Waals surface area contributed by atoms with Gasteiger partial charge in [0.1, 0.15) is 0 Å². The van der Waals surface area contributed by atoms with Gasteiger partial charge in [-0.05, 0) is 48.2 Å². The van der Waals surface area contributed by atoms with Gasteiger partial charge in [0.2, 0.25) is 10.0 Å². The Balaban J connectivity index is 1.60. The molecule has 2 aliphatic rings. The maximum atomic E-state index is 13.0. The first kappa shape index (κ1) is 21.6. The third kappa shape index (κ3) is 4.50. The normalized spacial score (nSPS) is 18.4. The van der Waals surface area contributed by atoms with Gasteiger partial charge in [-0.3, -0.25) is 4.90 Å². The molecule has 0 aromatic heterocycles. The van der Waals surface area contributed by atoms with Gasteiger partial charge in [0.05, 0.1) is 18.1 Å². The van der Waals surface area contributed by atoms with Crippen molar-refractivity contribution in [1.82, 2.24) is 9.62 Å². The van der Waals surface area contributed by atoms with E-state index < -0.39 is 10.0 Å². The number of nitrogens with zero attached hydrogens (tertiary/aromatic N) is 2. The summed E-state index contributed by atoms with van der Waals surface area (Å²) < 4.78 is 34.4. The Hall–Kier alpha value is -1.64. The molecule has 8 heteroatoms. The summed E-state index contributed by atoms with van der Waals surface area (Å²) >= 11 is 6.05. The van der Waals surface area contributed by atoms with Crippen LogP contribution >= 0.6 is 11.6 Å². The summed E-state index contributed by atoms with van der Waals surface area (Å²) in [5.41, 5.74) is 4.39. The summed E-state index contributed by atoms with van der Waals surface area (Å²) in [4.78, 5) is 4.79. The minimum atomic E-state index is -3.68. The average Bonchev–Trinajstić information content (AvgIpc) is 3.11. The summed E-state index contributed by atoms with van der Waals surface area (Å²) in [5.74, 6) is 0. The molecule has 2 aromatic rings. The van der Waals surface area contributed by atoms with Crippen molar-refractivity contribution in [2.45, 2.75) is 24.3 Å². The molecule has 6 nitrogen and oxygen atoms in total. The highest BCUT2D eigenvalue weighted by molar-refractivity contribution is 7.89. The Kier molecular flexibility index (Phi) is 6.36. The molecule has 2 aromatic carbocycles. The van der Waals surface area contributed by atoms with Gasteiger partial charge in [-0.1, -0.05) is 29.8 Å². The third-order valence-corrected chi connectivity index (χ3v) is 7.81. The fraction of sp³-hybridized carbons (Fsp3) is 0.455. The Labute approximate surface area is 183 Å². The van der Waals surface area contributed by atoms with Gasteiger partial charge in [-0.25, -0.2) is 13.1 Å². The lowest BCUT2D eigenvalue weighted by atomic mass is 10.0. The molecule has 0 spiro atoms. The topological polar surface area (TPSA) is 61.9 Å². The van der Waals surface area contributed by atoms with Crippen molar-refractivity contribution in [3.63, 3.8) is 0 Å². The molecule has 0 saturated carbocycles. The molecule has 0 bridgehead atoms. The molecule has 162 valence electrons. The molecular formula is C22H28ClN3O3S. The highest BCUT2D eigenvalue weighted by atomic mass is 35.5. The maximum Gasteiger partial charge on any atom is 0.240 e. The molecular weight excluding hydrogens is 422 g/mol. The van der Waals surface area contributed by atoms with E-state index in [1.54, 1.807) is 19.1 Å². The van der Waals surface area contributed by atoms with Gasteiger partial charge in [0, 0.05) is 50.0 Å². The van der Waals surface area contributed by atoms with E-state index in [0.717, 1.165) is 31.6 Å². The van der Waals surface area contributed by atoms with Gasteiger partial charge < -0.3 is 9.64 Å². The molecule has 2 heterocycles. The number of rotatable bonds is 6. The van der Waals surface area contributed by atoms with Crippen LogP contribution in [0.15, 0.2) is 41.3 Å². The van der Waals surface area contributed by atoms with Gasteiger partial charge in [-0.15, -0.1) is 0 Å². The maximum absolute atomic E-state index is 13.0. The third-order valence-electron chi connectivity index (χ3n) is 6.01. The first-order valence-electron chi connectivity index (χ1n) is 10.3. The van der Waals surface area contributed by atoms with Crippen LogP contribution < -0.4 is 9.62 Å². The van der Waals surface area contributed by atoms with Crippen LogP contribution in [-0.4, -0.2) is 59.8 Å². The van der Waals surface area contributed by atoms with Gasteiger partial charge in [-0.2, -0.15) is 0 Å². The second-order valence-corrected chi connectivity index (χ2v) is 10.2. The second kappa shape index (κ2) is 8.85. The van der Waals surface area contributed by atoms with Crippen molar-refractivity contribution in [3.8, 4) is 0 Å². The van der Waals surface area contributed by atoms with E-state index in [-0.39, 0.29) is 10.9 Å². The van der Waals surface area contributed by atoms with Crippen molar-refractivity contribution < 1.29 is 13.2 Å². The average molecular weight is 450 g/mol. The molecule has 2 aliphatic heterocycles. The minimum absolute atomic E-state index is 0.0561. The lowest BCUT2D eigenvalue weighted by molar-refractivity contribution is 0.0172. The van der Waals surface area contributed by atoms with Crippen molar-refractivity contribution in [3.05, 3.63) is 58.1 Å². The summed E-state index contributed by atoms with van der Waals surface area (Å²) in [5, 5.41) is 0.411. The molecule has 0 aliphatic carbocycles. The van der Waals surface area contributed by atoms with E-state index in [9.17, 15) is 8.42 Å². The highest BCUT2D eigenvalue weighted by Gasteiger charge is 2.27. The van der Waals surface area contributed by atoms with Crippen LogP contribution in [0, 0.1) is 6.92 Å². The highest BCUT2D eigenvalue weighted by Crippen LogP contribution is 2.31. The smallest absolute Gasteiger partial charge is 0.240 e. The number of likely N-dealkylation sites (N-methyl/N-ethyl adjacent to an activating group) is 1. The number of sulfonamides is 1. The number of hydrogen-bond acceptors (Lipinski definition) is 5. The molecule has 30 heavy (non-hydrogen) atoms. The number of anilines is 1. The van der Waals surface area contributed by atoms with E-state index in [1.165, 1.54) is 17.3 Å². The van der Waals surface area contributed by atoms with Crippen molar-refractivity contribution in [1.29, 1.82) is 0 Å². The van der Waals surface area contributed by atoms with Gasteiger partial charge in [0.15, 0.2) is 0 Å². The lowest BCUT2D eigenvalue weighted by Crippen LogP contribution is -2.43. The van der Waals surface area contributed by atoms with Crippen LogP contribution in [0.25, 0.3) is 0 Å². The number of benzene rings is 2. The second-order valence-electron chi connectivity index (χ2n) is 7.99. The Bertz CT molecular complexity index is 1020. The van der Waals surface area contributed by atoms with Crippen LogP contribution in [-0.2, 0) is 21.2 Å². The molecule has 1 unspecified atom stereocenters. The van der Waals surface area contributed by atoms with Crippen LogP contribution in [0.3, 0.4) is 0 Å². The van der Waals surface area contributed by atoms with Crippen LogP contribution in [0.4, 0.5) is 5.69 Å². The molecule has 0 radical (unpaired) electrons. The van der Waals surface area contributed by atoms with Crippen molar-refractivity contribution >= 4 is 27.3 Å². The predicted molar refractivity (Wildman–Crippen MR) is 120 cm³/mol. The molecule has 1 fully saturated rings. The lowest BCUT2D eigenvalue weighted by Gasteiger charge is -2.35. The Morgan fingerprint density at radius 3 is 2.67 bits per heavy atom.